The Morgan fingerprint density at radius 3 is 2.57 bits per heavy atom. The summed E-state index contributed by atoms with van der Waals surface area (Å²) in [5.74, 6) is 0. The molecule has 1 fully saturated rings. The Labute approximate surface area is 84.2 Å². The summed E-state index contributed by atoms with van der Waals surface area (Å²) < 4.78 is 9.69. The first-order chi connectivity index (χ1) is 6.77. The van der Waals surface area contributed by atoms with E-state index in [0.29, 0.717) is 0 Å². The maximum absolute atomic E-state index is 10.8. The molecule has 1 heterocycles. The van der Waals surface area contributed by atoms with Gasteiger partial charge in [-0.15, -0.1) is 0 Å². The minimum absolute atomic E-state index is 0.149. The summed E-state index contributed by atoms with van der Waals surface area (Å²) in [5.41, 5.74) is 0. The first kappa shape index (κ1) is 11.3. The number of ether oxygens (including phenoxy) is 2. The molecule has 14 heavy (non-hydrogen) atoms. The molecule has 1 aliphatic rings. The van der Waals surface area contributed by atoms with E-state index in [-0.39, 0.29) is 12.7 Å². The number of hydrogen-bond acceptors (Lipinski definition) is 4. The van der Waals surface area contributed by atoms with Gasteiger partial charge < -0.3 is 14.6 Å². The monoisotopic (exact) mass is 202 g/mol. The van der Waals surface area contributed by atoms with Crippen LogP contribution in [-0.4, -0.2) is 30.1 Å². The van der Waals surface area contributed by atoms with Crippen LogP contribution >= 0.6 is 0 Å². The molecule has 0 aromatic rings. The number of aliphatic hydroxyl groups is 1. The van der Waals surface area contributed by atoms with Gasteiger partial charge in [-0.2, -0.15) is 0 Å². The Kier molecular flexibility index (Phi) is 4.73. The molecule has 2 unspecified atom stereocenters. The third-order valence-electron chi connectivity index (χ3n) is 2.43. The van der Waals surface area contributed by atoms with Crippen molar-refractivity contribution in [1.29, 1.82) is 0 Å². The van der Waals surface area contributed by atoms with Crippen molar-refractivity contribution in [3.05, 3.63) is 0 Å². The molecule has 0 aliphatic carbocycles. The largest absolute Gasteiger partial charge is 0.509 e. The van der Waals surface area contributed by atoms with Gasteiger partial charge in [0.2, 0.25) is 0 Å². The number of carbonyl (C=O) groups is 1. The number of hydrogen-bond donors (Lipinski definition) is 1. The molecule has 0 saturated carbocycles. The predicted octanol–water partition coefficient (Wildman–Crippen LogP) is 1.85. The number of rotatable bonds is 6. The first-order valence-corrected chi connectivity index (χ1v) is 5.26. The predicted molar refractivity (Wildman–Crippen MR) is 51.0 cm³/mol. The second kappa shape index (κ2) is 5.86. The lowest BCUT2D eigenvalue weighted by atomic mass is 10.1. The van der Waals surface area contributed by atoms with Gasteiger partial charge in [-0.05, 0) is 12.8 Å². The molecule has 2 atom stereocenters. The van der Waals surface area contributed by atoms with Crippen LogP contribution in [0.3, 0.4) is 0 Å². The molecule has 1 aliphatic heterocycles. The van der Waals surface area contributed by atoms with Crippen molar-refractivity contribution in [1.82, 2.24) is 0 Å². The van der Waals surface area contributed by atoms with Crippen molar-refractivity contribution in [3.63, 3.8) is 0 Å². The van der Waals surface area contributed by atoms with Crippen LogP contribution in [0.1, 0.15) is 39.0 Å². The van der Waals surface area contributed by atoms with Gasteiger partial charge in [0, 0.05) is 0 Å². The van der Waals surface area contributed by atoms with Crippen molar-refractivity contribution >= 4 is 6.16 Å². The van der Waals surface area contributed by atoms with E-state index in [0.717, 1.165) is 19.3 Å². The Balaban J connectivity index is 2.19. The average Bonchev–Trinajstić information content (AvgIpc) is 2.54. The second-order valence-corrected chi connectivity index (χ2v) is 3.59. The van der Waals surface area contributed by atoms with Crippen LogP contribution in [0.25, 0.3) is 0 Å². The highest BCUT2D eigenvalue weighted by molar-refractivity contribution is 5.62. The van der Waals surface area contributed by atoms with E-state index < -0.39 is 12.3 Å². The van der Waals surface area contributed by atoms with Crippen molar-refractivity contribution in [2.45, 2.75) is 51.2 Å². The van der Waals surface area contributed by atoms with Gasteiger partial charge in [0.1, 0.15) is 6.10 Å². The lowest BCUT2D eigenvalue weighted by Gasteiger charge is -2.12. The van der Waals surface area contributed by atoms with Gasteiger partial charge >= 0.3 is 6.16 Å². The number of cyclic esters (lactones) is 2. The average molecular weight is 202 g/mol. The van der Waals surface area contributed by atoms with Gasteiger partial charge in [0.15, 0.2) is 6.10 Å². The van der Waals surface area contributed by atoms with Crippen LogP contribution in [0.5, 0.6) is 0 Å². The highest BCUT2D eigenvalue weighted by atomic mass is 16.8. The Morgan fingerprint density at radius 2 is 1.93 bits per heavy atom. The zero-order chi connectivity index (χ0) is 10.4. The van der Waals surface area contributed by atoms with Crippen LogP contribution in [-0.2, 0) is 9.47 Å². The Bertz CT molecular complexity index is 181. The number of unbranched alkanes of at least 4 members (excludes halogenated alkanes) is 3. The summed E-state index contributed by atoms with van der Waals surface area (Å²) in [6, 6.07) is 0. The molecule has 82 valence electrons. The van der Waals surface area contributed by atoms with Gasteiger partial charge in [-0.1, -0.05) is 26.2 Å². The van der Waals surface area contributed by atoms with Gasteiger partial charge in [-0.25, -0.2) is 4.79 Å². The van der Waals surface area contributed by atoms with Crippen LogP contribution in [0.2, 0.25) is 0 Å². The number of aliphatic hydroxyl groups excluding tert-OH is 1. The van der Waals surface area contributed by atoms with E-state index in [4.69, 9.17) is 14.6 Å². The first-order valence-electron chi connectivity index (χ1n) is 5.26. The third kappa shape index (κ3) is 3.18. The van der Waals surface area contributed by atoms with Crippen LogP contribution in [0.15, 0.2) is 0 Å². The zero-order valence-corrected chi connectivity index (χ0v) is 8.57. The maximum Gasteiger partial charge on any atom is 0.509 e. The lowest BCUT2D eigenvalue weighted by Crippen LogP contribution is -2.26. The zero-order valence-electron chi connectivity index (χ0n) is 8.57. The Hall–Kier alpha value is -0.770. The fourth-order valence-corrected chi connectivity index (χ4v) is 1.60. The van der Waals surface area contributed by atoms with E-state index in [1.54, 1.807) is 0 Å². The van der Waals surface area contributed by atoms with Crippen molar-refractivity contribution in [3.8, 4) is 0 Å². The van der Waals surface area contributed by atoms with Crippen molar-refractivity contribution < 1.29 is 19.4 Å². The highest BCUT2D eigenvalue weighted by Gasteiger charge is 2.35. The fraction of sp³-hybridized carbons (Fsp3) is 0.900. The smallest absolute Gasteiger partial charge is 0.427 e. The van der Waals surface area contributed by atoms with Crippen LogP contribution in [0, 0.1) is 0 Å². The summed E-state index contributed by atoms with van der Waals surface area (Å²) >= 11 is 0. The summed E-state index contributed by atoms with van der Waals surface area (Å²) in [4.78, 5) is 10.8. The van der Waals surface area contributed by atoms with Crippen LogP contribution < -0.4 is 0 Å². The molecule has 0 aromatic carbocycles. The normalized spacial score (nSPS) is 26.0. The minimum Gasteiger partial charge on any atom is -0.427 e. The summed E-state index contributed by atoms with van der Waals surface area (Å²) in [6.07, 6.45) is 3.99. The van der Waals surface area contributed by atoms with E-state index in [9.17, 15) is 4.79 Å². The van der Waals surface area contributed by atoms with Gasteiger partial charge in [0.05, 0.1) is 6.61 Å². The molecule has 1 rings (SSSR count). The van der Waals surface area contributed by atoms with E-state index >= 15 is 0 Å². The molecule has 0 radical (unpaired) electrons. The van der Waals surface area contributed by atoms with Crippen molar-refractivity contribution in [2.24, 2.45) is 0 Å². The standard InChI is InChI=1S/C10H18O4/c1-2-3-4-5-6-8-9(7-11)14-10(12)13-8/h8-9,11H,2-7H2,1H3. The molecule has 1 saturated heterocycles. The quantitative estimate of drug-likeness (QED) is 0.527. The van der Waals surface area contributed by atoms with Gasteiger partial charge in [-0.3, -0.25) is 0 Å². The maximum atomic E-state index is 10.8. The summed E-state index contributed by atoms with van der Waals surface area (Å²) in [7, 11) is 0. The molecule has 4 heteroatoms. The number of carbonyl (C=O) groups excluding carboxylic acids is 1. The molecule has 4 nitrogen and oxygen atoms in total. The SMILES string of the molecule is CCCCCCC1OC(=O)OC1CO. The molecule has 0 aromatic heterocycles. The molecule has 0 bridgehead atoms. The van der Waals surface area contributed by atoms with Gasteiger partial charge in [0.25, 0.3) is 0 Å². The van der Waals surface area contributed by atoms with E-state index in [2.05, 4.69) is 6.92 Å². The summed E-state index contributed by atoms with van der Waals surface area (Å²) in [5, 5.41) is 8.90. The molecule has 0 spiro atoms. The molecule has 0 amide bonds. The molecular weight excluding hydrogens is 184 g/mol. The van der Waals surface area contributed by atoms with E-state index in [1.807, 2.05) is 0 Å². The van der Waals surface area contributed by atoms with E-state index in [1.165, 1.54) is 12.8 Å². The minimum atomic E-state index is -0.649. The fourth-order valence-electron chi connectivity index (χ4n) is 1.60. The second-order valence-electron chi connectivity index (χ2n) is 3.59. The Morgan fingerprint density at radius 1 is 1.21 bits per heavy atom. The molecule has 1 N–H and O–H groups in total. The topological polar surface area (TPSA) is 55.8 Å². The molecular formula is C10H18O4. The summed E-state index contributed by atoms with van der Waals surface area (Å²) in [6.45, 7) is 2.00. The van der Waals surface area contributed by atoms with Crippen LogP contribution in [0.4, 0.5) is 4.79 Å². The van der Waals surface area contributed by atoms with Crippen molar-refractivity contribution in [2.75, 3.05) is 6.61 Å². The third-order valence-corrected chi connectivity index (χ3v) is 2.43. The lowest BCUT2D eigenvalue weighted by molar-refractivity contribution is 0.0784. The highest BCUT2D eigenvalue weighted by Crippen LogP contribution is 2.20.